The lowest BCUT2D eigenvalue weighted by Crippen LogP contribution is -2.04. The van der Waals surface area contributed by atoms with Crippen molar-refractivity contribution >= 4 is 17.2 Å². The van der Waals surface area contributed by atoms with Crippen molar-refractivity contribution in [3.05, 3.63) is 48.2 Å². The Balaban J connectivity index is 2.10. The second kappa shape index (κ2) is 6.17. The Labute approximate surface area is 112 Å². The molecule has 0 aliphatic rings. The maximum atomic E-state index is 5.82. The molecule has 100 valence electrons. The van der Waals surface area contributed by atoms with Crippen LogP contribution in [-0.2, 0) is 4.84 Å². The molecule has 0 aliphatic carbocycles. The molecule has 0 amide bonds. The van der Waals surface area contributed by atoms with Crippen LogP contribution >= 0.6 is 0 Å². The lowest BCUT2D eigenvalue weighted by molar-refractivity contribution is 0.269. The maximum Gasteiger partial charge on any atom is 0.151 e. The van der Waals surface area contributed by atoms with Crippen LogP contribution in [0.5, 0.6) is 0 Å². The van der Waals surface area contributed by atoms with Crippen molar-refractivity contribution in [3.8, 4) is 0 Å². The smallest absolute Gasteiger partial charge is 0.151 e. The van der Waals surface area contributed by atoms with E-state index >= 15 is 0 Å². The van der Waals surface area contributed by atoms with Gasteiger partial charge in [-0.3, -0.25) is 4.84 Å². The van der Waals surface area contributed by atoms with Crippen LogP contribution in [0.1, 0.15) is 18.5 Å². The van der Waals surface area contributed by atoms with Gasteiger partial charge in [-0.25, -0.2) is 10.5 Å². The number of pyridine rings is 1. The van der Waals surface area contributed by atoms with Crippen LogP contribution in [0.4, 0.5) is 17.2 Å². The summed E-state index contributed by atoms with van der Waals surface area (Å²) in [6.07, 6.45) is 1.71. The van der Waals surface area contributed by atoms with Gasteiger partial charge in [0.2, 0.25) is 0 Å². The fraction of sp³-hybridized carbons (Fsp3) is 0.214. The predicted octanol–water partition coefficient (Wildman–Crippen LogP) is 2.82. The van der Waals surface area contributed by atoms with Gasteiger partial charge < -0.3 is 11.1 Å². The van der Waals surface area contributed by atoms with Crippen molar-refractivity contribution in [2.75, 3.05) is 17.9 Å². The molecule has 0 bridgehead atoms. The first-order chi connectivity index (χ1) is 9.19. The molecule has 0 radical (unpaired) electrons. The SMILES string of the molecule is CONc1cc(Nc2ccc(C(C)N)cc2)ccn1. The van der Waals surface area contributed by atoms with Gasteiger partial charge in [0.25, 0.3) is 0 Å². The van der Waals surface area contributed by atoms with E-state index in [1.807, 2.05) is 43.3 Å². The van der Waals surface area contributed by atoms with Crippen molar-refractivity contribution in [2.24, 2.45) is 5.73 Å². The molecule has 0 saturated heterocycles. The summed E-state index contributed by atoms with van der Waals surface area (Å²) in [7, 11) is 1.55. The first kappa shape index (κ1) is 13.3. The second-order valence-corrected chi connectivity index (χ2v) is 4.27. The monoisotopic (exact) mass is 258 g/mol. The number of aromatic nitrogens is 1. The summed E-state index contributed by atoms with van der Waals surface area (Å²) in [6.45, 7) is 1.97. The van der Waals surface area contributed by atoms with E-state index in [0.29, 0.717) is 5.82 Å². The molecule has 0 spiro atoms. The molecule has 5 heteroatoms. The van der Waals surface area contributed by atoms with Crippen LogP contribution in [0.3, 0.4) is 0 Å². The molecule has 5 nitrogen and oxygen atoms in total. The van der Waals surface area contributed by atoms with Crippen LogP contribution in [0.15, 0.2) is 42.6 Å². The van der Waals surface area contributed by atoms with Crippen LogP contribution in [0, 0.1) is 0 Å². The number of anilines is 3. The Bertz CT molecular complexity index is 525. The van der Waals surface area contributed by atoms with E-state index in [9.17, 15) is 0 Å². The predicted molar refractivity (Wildman–Crippen MR) is 77.2 cm³/mol. The van der Waals surface area contributed by atoms with Gasteiger partial charge in [-0.1, -0.05) is 12.1 Å². The molecule has 1 aromatic heterocycles. The van der Waals surface area contributed by atoms with Crippen molar-refractivity contribution in [1.82, 2.24) is 4.98 Å². The molecule has 4 N–H and O–H groups in total. The van der Waals surface area contributed by atoms with Crippen LogP contribution < -0.4 is 16.5 Å². The zero-order valence-electron chi connectivity index (χ0n) is 11.1. The molecule has 0 saturated carbocycles. The van der Waals surface area contributed by atoms with Gasteiger partial charge in [0, 0.05) is 29.7 Å². The van der Waals surface area contributed by atoms with E-state index in [2.05, 4.69) is 15.8 Å². The van der Waals surface area contributed by atoms with E-state index in [1.54, 1.807) is 13.3 Å². The summed E-state index contributed by atoms with van der Waals surface area (Å²) >= 11 is 0. The third kappa shape index (κ3) is 3.67. The van der Waals surface area contributed by atoms with E-state index in [1.165, 1.54) is 0 Å². The standard InChI is InChI=1S/C14H18N4O/c1-10(15)11-3-5-12(6-4-11)17-13-7-8-16-14(9-13)18-19-2/h3-10H,15H2,1-2H3,(H2,16,17,18). The number of rotatable bonds is 5. The zero-order chi connectivity index (χ0) is 13.7. The minimum absolute atomic E-state index is 0.0486. The Morgan fingerprint density at radius 3 is 2.53 bits per heavy atom. The second-order valence-electron chi connectivity index (χ2n) is 4.27. The molecule has 2 aromatic rings. The molecule has 1 atom stereocenters. The average Bonchev–Trinajstić information content (AvgIpc) is 2.40. The van der Waals surface area contributed by atoms with Crippen LogP contribution in [-0.4, -0.2) is 12.1 Å². The van der Waals surface area contributed by atoms with Crippen molar-refractivity contribution in [1.29, 1.82) is 0 Å². The Hall–Kier alpha value is -2.11. The van der Waals surface area contributed by atoms with Gasteiger partial charge in [0.15, 0.2) is 5.82 Å². The maximum absolute atomic E-state index is 5.82. The van der Waals surface area contributed by atoms with Gasteiger partial charge in [-0.2, -0.15) is 0 Å². The highest BCUT2D eigenvalue weighted by molar-refractivity contribution is 5.62. The lowest BCUT2D eigenvalue weighted by Gasteiger charge is -2.10. The minimum atomic E-state index is 0.0486. The van der Waals surface area contributed by atoms with Gasteiger partial charge in [-0.05, 0) is 30.7 Å². The number of nitrogens with zero attached hydrogens (tertiary/aromatic N) is 1. The Morgan fingerprint density at radius 2 is 1.89 bits per heavy atom. The molecule has 1 aromatic carbocycles. The van der Waals surface area contributed by atoms with E-state index in [0.717, 1.165) is 16.9 Å². The molecule has 1 heterocycles. The summed E-state index contributed by atoms with van der Waals surface area (Å²) < 4.78 is 0. The molecule has 0 fully saturated rings. The number of benzene rings is 1. The Kier molecular flexibility index (Phi) is 4.33. The van der Waals surface area contributed by atoms with E-state index < -0.39 is 0 Å². The van der Waals surface area contributed by atoms with Crippen LogP contribution in [0.2, 0.25) is 0 Å². The van der Waals surface area contributed by atoms with Gasteiger partial charge >= 0.3 is 0 Å². The molecular formula is C14H18N4O. The van der Waals surface area contributed by atoms with Crippen molar-refractivity contribution < 1.29 is 4.84 Å². The number of nitrogens with two attached hydrogens (primary N) is 1. The summed E-state index contributed by atoms with van der Waals surface area (Å²) in [4.78, 5) is 8.94. The highest BCUT2D eigenvalue weighted by Crippen LogP contribution is 2.20. The van der Waals surface area contributed by atoms with E-state index in [-0.39, 0.29) is 6.04 Å². The highest BCUT2D eigenvalue weighted by Gasteiger charge is 2.00. The Morgan fingerprint density at radius 1 is 1.16 bits per heavy atom. The summed E-state index contributed by atoms with van der Waals surface area (Å²) in [5.74, 6) is 0.653. The minimum Gasteiger partial charge on any atom is -0.355 e. The first-order valence-electron chi connectivity index (χ1n) is 6.06. The fourth-order valence-electron chi connectivity index (χ4n) is 1.71. The largest absolute Gasteiger partial charge is 0.355 e. The van der Waals surface area contributed by atoms with Crippen molar-refractivity contribution in [3.63, 3.8) is 0 Å². The third-order valence-corrected chi connectivity index (χ3v) is 2.69. The summed E-state index contributed by atoms with van der Waals surface area (Å²) in [5, 5.41) is 3.29. The summed E-state index contributed by atoms with van der Waals surface area (Å²) in [6, 6.07) is 11.8. The van der Waals surface area contributed by atoms with Gasteiger partial charge in [-0.15, -0.1) is 0 Å². The first-order valence-corrected chi connectivity index (χ1v) is 6.06. The molecule has 19 heavy (non-hydrogen) atoms. The van der Waals surface area contributed by atoms with Crippen molar-refractivity contribution in [2.45, 2.75) is 13.0 Å². The molecular weight excluding hydrogens is 240 g/mol. The number of nitrogens with one attached hydrogen (secondary N) is 2. The lowest BCUT2D eigenvalue weighted by atomic mass is 10.1. The number of hydrogen-bond acceptors (Lipinski definition) is 5. The normalized spacial score (nSPS) is 11.9. The quantitative estimate of drug-likeness (QED) is 0.719. The average molecular weight is 258 g/mol. The third-order valence-electron chi connectivity index (χ3n) is 2.69. The molecule has 2 rings (SSSR count). The molecule has 0 aliphatic heterocycles. The summed E-state index contributed by atoms with van der Waals surface area (Å²) in [5.41, 5.74) is 11.6. The zero-order valence-corrected chi connectivity index (χ0v) is 11.1. The number of hydrogen-bond donors (Lipinski definition) is 3. The van der Waals surface area contributed by atoms with Gasteiger partial charge in [0.1, 0.15) is 0 Å². The van der Waals surface area contributed by atoms with Gasteiger partial charge in [0.05, 0.1) is 7.11 Å². The van der Waals surface area contributed by atoms with E-state index in [4.69, 9.17) is 10.6 Å². The topological polar surface area (TPSA) is 72.2 Å². The molecule has 1 unspecified atom stereocenters. The fourth-order valence-corrected chi connectivity index (χ4v) is 1.71. The van der Waals surface area contributed by atoms with Crippen LogP contribution in [0.25, 0.3) is 0 Å². The highest BCUT2D eigenvalue weighted by atomic mass is 16.6.